The fourth-order valence-corrected chi connectivity index (χ4v) is 3.08. The Hall–Kier alpha value is -1.51. The van der Waals surface area contributed by atoms with Crippen molar-refractivity contribution in [1.29, 1.82) is 0 Å². The van der Waals surface area contributed by atoms with Gasteiger partial charge in [0.2, 0.25) is 5.91 Å². The third-order valence-electron chi connectivity index (χ3n) is 4.25. The van der Waals surface area contributed by atoms with Gasteiger partial charge in [0.1, 0.15) is 5.75 Å². The Morgan fingerprint density at radius 3 is 2.32 bits per heavy atom. The summed E-state index contributed by atoms with van der Waals surface area (Å²) in [6.45, 7) is 10.2. The van der Waals surface area contributed by atoms with Crippen LogP contribution in [0.2, 0.25) is 0 Å². The van der Waals surface area contributed by atoms with Gasteiger partial charge in [0.25, 0.3) is 0 Å². The number of nitrogens with zero attached hydrogens (tertiary/aromatic N) is 1. The molecule has 0 aliphatic heterocycles. The first-order valence-corrected chi connectivity index (χ1v) is 8.51. The lowest BCUT2D eigenvalue weighted by Crippen LogP contribution is -2.38. The van der Waals surface area contributed by atoms with E-state index in [9.17, 15) is 4.79 Å². The SMILES string of the molecule is CCCN(CCC)C(=O)C(C)C(CC)c1cccc(OC)c1. The molecule has 124 valence electrons. The van der Waals surface area contributed by atoms with Crippen LogP contribution in [0.5, 0.6) is 5.75 Å². The van der Waals surface area contributed by atoms with Gasteiger partial charge in [-0.25, -0.2) is 0 Å². The third-order valence-corrected chi connectivity index (χ3v) is 4.25. The topological polar surface area (TPSA) is 29.5 Å². The van der Waals surface area contributed by atoms with Crippen molar-refractivity contribution in [2.24, 2.45) is 5.92 Å². The van der Waals surface area contributed by atoms with Crippen molar-refractivity contribution in [3.63, 3.8) is 0 Å². The number of rotatable bonds is 9. The molecule has 0 saturated heterocycles. The maximum absolute atomic E-state index is 12.8. The lowest BCUT2D eigenvalue weighted by Gasteiger charge is -2.29. The second-order valence-corrected chi connectivity index (χ2v) is 5.91. The molecule has 0 aliphatic carbocycles. The standard InChI is InChI=1S/C19H31NO2/c1-6-12-20(13-7-2)19(21)15(4)18(8-3)16-10-9-11-17(14-16)22-5/h9-11,14-15,18H,6-8,12-13H2,1-5H3. The summed E-state index contributed by atoms with van der Waals surface area (Å²) in [4.78, 5) is 14.9. The molecule has 0 spiro atoms. The fraction of sp³-hybridized carbons (Fsp3) is 0.632. The lowest BCUT2D eigenvalue weighted by molar-refractivity contribution is -0.135. The second-order valence-electron chi connectivity index (χ2n) is 5.91. The smallest absolute Gasteiger partial charge is 0.226 e. The minimum atomic E-state index is -0.00444. The predicted molar refractivity (Wildman–Crippen MR) is 92.4 cm³/mol. The van der Waals surface area contributed by atoms with Gasteiger partial charge in [-0.15, -0.1) is 0 Å². The molecule has 0 saturated carbocycles. The van der Waals surface area contributed by atoms with Crippen molar-refractivity contribution < 1.29 is 9.53 Å². The van der Waals surface area contributed by atoms with Crippen LogP contribution in [0.15, 0.2) is 24.3 Å². The Bertz CT molecular complexity index is 453. The van der Waals surface area contributed by atoms with Crippen LogP contribution >= 0.6 is 0 Å². The lowest BCUT2D eigenvalue weighted by atomic mass is 9.84. The molecule has 0 aliphatic rings. The number of ether oxygens (including phenoxy) is 1. The van der Waals surface area contributed by atoms with Crippen LogP contribution in [0.3, 0.4) is 0 Å². The predicted octanol–water partition coefficient (Wildman–Crippen LogP) is 4.47. The summed E-state index contributed by atoms with van der Waals surface area (Å²) in [5.74, 6) is 1.36. The van der Waals surface area contributed by atoms with Crippen molar-refractivity contribution in [3.8, 4) is 5.75 Å². The van der Waals surface area contributed by atoms with Gasteiger partial charge in [-0.05, 0) is 42.9 Å². The minimum absolute atomic E-state index is 0.00444. The number of carbonyl (C=O) groups is 1. The molecule has 0 fully saturated rings. The van der Waals surface area contributed by atoms with Gasteiger partial charge in [-0.2, -0.15) is 0 Å². The maximum Gasteiger partial charge on any atom is 0.226 e. The monoisotopic (exact) mass is 305 g/mol. The van der Waals surface area contributed by atoms with Crippen molar-refractivity contribution in [3.05, 3.63) is 29.8 Å². The van der Waals surface area contributed by atoms with Crippen molar-refractivity contribution in [1.82, 2.24) is 4.90 Å². The molecular weight excluding hydrogens is 274 g/mol. The summed E-state index contributed by atoms with van der Waals surface area (Å²) in [7, 11) is 1.68. The summed E-state index contributed by atoms with van der Waals surface area (Å²) < 4.78 is 5.32. The summed E-state index contributed by atoms with van der Waals surface area (Å²) in [6, 6.07) is 8.11. The largest absolute Gasteiger partial charge is 0.497 e. The zero-order valence-electron chi connectivity index (χ0n) is 14.8. The van der Waals surface area contributed by atoms with E-state index in [0.29, 0.717) is 0 Å². The number of benzene rings is 1. The number of hydrogen-bond acceptors (Lipinski definition) is 2. The van der Waals surface area contributed by atoms with Gasteiger partial charge < -0.3 is 9.64 Å². The molecule has 2 unspecified atom stereocenters. The summed E-state index contributed by atoms with van der Waals surface area (Å²) in [5.41, 5.74) is 1.19. The molecule has 22 heavy (non-hydrogen) atoms. The molecule has 3 nitrogen and oxygen atoms in total. The first kappa shape index (κ1) is 18.5. The normalized spacial score (nSPS) is 13.5. The second kappa shape index (κ2) is 9.50. The molecule has 0 bridgehead atoms. The van der Waals surface area contributed by atoms with Gasteiger partial charge in [-0.3, -0.25) is 4.79 Å². The molecule has 2 atom stereocenters. The van der Waals surface area contributed by atoms with Crippen LogP contribution in [0.1, 0.15) is 58.4 Å². The van der Waals surface area contributed by atoms with Gasteiger partial charge in [0.15, 0.2) is 0 Å². The van der Waals surface area contributed by atoms with E-state index in [0.717, 1.165) is 38.1 Å². The Morgan fingerprint density at radius 2 is 1.82 bits per heavy atom. The Morgan fingerprint density at radius 1 is 1.18 bits per heavy atom. The van der Waals surface area contributed by atoms with Gasteiger partial charge in [0, 0.05) is 19.0 Å². The number of carbonyl (C=O) groups excluding carboxylic acids is 1. The van der Waals surface area contributed by atoms with Crippen LogP contribution in [0, 0.1) is 5.92 Å². The Labute approximate surface area is 135 Å². The molecule has 0 N–H and O–H groups in total. The average molecular weight is 305 g/mol. The van der Waals surface area contributed by atoms with E-state index in [1.165, 1.54) is 5.56 Å². The summed E-state index contributed by atoms with van der Waals surface area (Å²) in [6.07, 6.45) is 2.97. The molecule has 1 aromatic rings. The number of hydrogen-bond donors (Lipinski definition) is 0. The van der Waals surface area contributed by atoms with Gasteiger partial charge >= 0.3 is 0 Å². The first-order chi connectivity index (χ1) is 10.6. The van der Waals surface area contributed by atoms with Crippen LogP contribution in [0.25, 0.3) is 0 Å². The Kier molecular flexibility index (Phi) is 8.00. The van der Waals surface area contributed by atoms with E-state index in [1.54, 1.807) is 7.11 Å². The van der Waals surface area contributed by atoms with Crippen LogP contribution < -0.4 is 4.74 Å². The zero-order valence-corrected chi connectivity index (χ0v) is 14.8. The molecule has 1 aromatic carbocycles. The molecule has 1 rings (SSSR count). The van der Waals surface area contributed by atoms with E-state index < -0.39 is 0 Å². The molecular formula is C19H31NO2. The van der Waals surface area contributed by atoms with Crippen LogP contribution in [-0.2, 0) is 4.79 Å². The average Bonchev–Trinajstić information content (AvgIpc) is 2.54. The zero-order chi connectivity index (χ0) is 16.5. The number of amides is 1. The highest BCUT2D eigenvalue weighted by Gasteiger charge is 2.27. The molecule has 1 amide bonds. The fourth-order valence-electron chi connectivity index (χ4n) is 3.08. The third kappa shape index (κ3) is 4.75. The van der Waals surface area contributed by atoms with Gasteiger partial charge in [0.05, 0.1) is 7.11 Å². The number of methoxy groups -OCH3 is 1. The summed E-state index contributed by atoms with van der Waals surface area (Å²) >= 11 is 0. The minimum Gasteiger partial charge on any atom is -0.497 e. The van der Waals surface area contributed by atoms with E-state index >= 15 is 0 Å². The molecule has 0 radical (unpaired) electrons. The Balaban J connectivity index is 2.94. The molecule has 3 heteroatoms. The van der Waals surface area contributed by atoms with E-state index in [4.69, 9.17) is 4.74 Å². The van der Waals surface area contributed by atoms with E-state index in [2.05, 4.69) is 39.8 Å². The summed E-state index contributed by atoms with van der Waals surface area (Å²) in [5, 5.41) is 0. The quantitative estimate of drug-likeness (QED) is 0.673. The molecule has 0 aromatic heterocycles. The highest BCUT2D eigenvalue weighted by atomic mass is 16.5. The van der Waals surface area contributed by atoms with Gasteiger partial charge in [-0.1, -0.05) is 39.8 Å². The van der Waals surface area contributed by atoms with Crippen molar-refractivity contribution >= 4 is 5.91 Å². The highest BCUT2D eigenvalue weighted by molar-refractivity contribution is 5.79. The van der Waals surface area contributed by atoms with Crippen LogP contribution in [0.4, 0.5) is 0 Å². The van der Waals surface area contributed by atoms with Crippen LogP contribution in [-0.4, -0.2) is 31.0 Å². The highest BCUT2D eigenvalue weighted by Crippen LogP contribution is 2.31. The molecule has 0 heterocycles. The van der Waals surface area contributed by atoms with Crippen molar-refractivity contribution in [2.45, 2.75) is 52.9 Å². The van der Waals surface area contributed by atoms with E-state index in [-0.39, 0.29) is 17.7 Å². The van der Waals surface area contributed by atoms with Crippen molar-refractivity contribution in [2.75, 3.05) is 20.2 Å². The maximum atomic E-state index is 12.8. The van der Waals surface area contributed by atoms with E-state index in [1.807, 2.05) is 17.0 Å². The first-order valence-electron chi connectivity index (χ1n) is 8.51.